The standard InChI is InChI=1S/C32H54/c1-12-32(11,23-21-30-28(7)18-19-29(8)31(30,9)10)22-20-26(5)15-13-14-25(4)16-17-27(6)24(2)3/h12,14,20,22,26-27,29-30H,1-2,7,13,15-19,21,23H2,3-6,8-11H3/b22-20+,25-14+/t26-,27+,29-,30-,32-/m0/s1. The zero-order valence-electron chi connectivity index (χ0n) is 22.9. The third-order valence-corrected chi connectivity index (χ3v) is 8.73. The van der Waals surface area contributed by atoms with E-state index in [0.29, 0.717) is 23.2 Å². The molecule has 1 aliphatic rings. The molecule has 0 aromatic heterocycles. The number of allylic oxidation sites excluding steroid dienone is 7. The van der Waals surface area contributed by atoms with E-state index in [9.17, 15) is 0 Å². The van der Waals surface area contributed by atoms with E-state index in [0.717, 1.165) is 18.8 Å². The zero-order valence-corrected chi connectivity index (χ0v) is 22.9. The second kappa shape index (κ2) is 12.8. The fourth-order valence-electron chi connectivity index (χ4n) is 4.97. The maximum Gasteiger partial charge on any atom is 0.00303 e. The normalized spacial score (nSPS) is 25.4. The Morgan fingerprint density at radius 2 is 1.88 bits per heavy atom. The summed E-state index contributed by atoms with van der Waals surface area (Å²) < 4.78 is 0. The van der Waals surface area contributed by atoms with Crippen LogP contribution in [0.2, 0.25) is 0 Å². The minimum absolute atomic E-state index is 0.0652. The van der Waals surface area contributed by atoms with Gasteiger partial charge in [-0.15, -0.1) is 6.58 Å². The summed E-state index contributed by atoms with van der Waals surface area (Å²) in [6, 6.07) is 0. The highest BCUT2D eigenvalue weighted by Crippen LogP contribution is 2.50. The average molecular weight is 439 g/mol. The Morgan fingerprint density at radius 3 is 2.47 bits per heavy atom. The lowest BCUT2D eigenvalue weighted by molar-refractivity contribution is 0.100. The van der Waals surface area contributed by atoms with Crippen molar-refractivity contribution in [1.82, 2.24) is 0 Å². The average Bonchev–Trinajstić information content (AvgIpc) is 2.73. The molecule has 32 heavy (non-hydrogen) atoms. The van der Waals surface area contributed by atoms with Gasteiger partial charge in [0.1, 0.15) is 0 Å². The third-order valence-electron chi connectivity index (χ3n) is 8.73. The minimum Gasteiger partial charge on any atom is -0.102 e. The molecule has 0 aliphatic heterocycles. The van der Waals surface area contributed by atoms with Crippen LogP contribution in [0.5, 0.6) is 0 Å². The number of hydrogen-bond donors (Lipinski definition) is 0. The first-order valence-electron chi connectivity index (χ1n) is 13.1. The van der Waals surface area contributed by atoms with Crippen molar-refractivity contribution in [1.29, 1.82) is 0 Å². The van der Waals surface area contributed by atoms with Gasteiger partial charge in [0.05, 0.1) is 0 Å². The fraction of sp³-hybridized carbons (Fsp3) is 0.688. The van der Waals surface area contributed by atoms with Gasteiger partial charge in [-0.25, -0.2) is 0 Å². The lowest BCUT2D eigenvalue weighted by Gasteiger charge is -2.46. The Bertz CT molecular complexity index is 685. The maximum absolute atomic E-state index is 4.45. The van der Waals surface area contributed by atoms with Gasteiger partial charge in [-0.05, 0) is 94.3 Å². The van der Waals surface area contributed by atoms with Gasteiger partial charge in [-0.2, -0.15) is 0 Å². The van der Waals surface area contributed by atoms with Crippen LogP contribution < -0.4 is 0 Å². The van der Waals surface area contributed by atoms with Crippen molar-refractivity contribution in [2.75, 3.05) is 0 Å². The molecule has 0 nitrogen and oxygen atoms in total. The molecule has 0 amide bonds. The Morgan fingerprint density at radius 1 is 1.22 bits per heavy atom. The molecule has 182 valence electrons. The molecule has 0 radical (unpaired) electrons. The highest BCUT2D eigenvalue weighted by Gasteiger charge is 2.40. The first kappa shape index (κ1) is 28.7. The molecule has 1 rings (SSSR count). The number of hydrogen-bond acceptors (Lipinski definition) is 0. The molecular formula is C32H54. The van der Waals surface area contributed by atoms with Crippen LogP contribution in [-0.4, -0.2) is 0 Å². The van der Waals surface area contributed by atoms with E-state index in [-0.39, 0.29) is 5.41 Å². The van der Waals surface area contributed by atoms with Gasteiger partial charge in [-0.1, -0.05) is 95.7 Å². The maximum atomic E-state index is 4.45. The van der Waals surface area contributed by atoms with E-state index in [1.807, 2.05) is 0 Å². The molecule has 0 bridgehead atoms. The summed E-state index contributed by atoms with van der Waals surface area (Å²) in [5.41, 5.74) is 4.70. The predicted octanol–water partition coefficient (Wildman–Crippen LogP) is 10.5. The van der Waals surface area contributed by atoms with Gasteiger partial charge in [-0.3, -0.25) is 0 Å². The molecule has 0 saturated heterocycles. The summed E-state index contributed by atoms with van der Waals surface area (Å²) in [5, 5.41) is 0. The molecule has 0 N–H and O–H groups in total. The van der Waals surface area contributed by atoms with Crippen LogP contribution in [0.4, 0.5) is 0 Å². The Labute approximate surface area is 202 Å². The van der Waals surface area contributed by atoms with Gasteiger partial charge in [0.2, 0.25) is 0 Å². The minimum atomic E-state index is 0.0652. The second-order valence-corrected chi connectivity index (χ2v) is 12.0. The van der Waals surface area contributed by atoms with E-state index in [4.69, 9.17) is 0 Å². The fourth-order valence-corrected chi connectivity index (χ4v) is 4.97. The van der Waals surface area contributed by atoms with Gasteiger partial charge in [0.25, 0.3) is 0 Å². The van der Waals surface area contributed by atoms with E-state index in [2.05, 4.69) is 99.4 Å². The second-order valence-electron chi connectivity index (χ2n) is 12.0. The topological polar surface area (TPSA) is 0 Å². The van der Waals surface area contributed by atoms with Gasteiger partial charge in [0, 0.05) is 5.41 Å². The van der Waals surface area contributed by atoms with Crippen molar-refractivity contribution in [2.45, 2.75) is 107 Å². The Balaban J connectivity index is 2.57. The SMILES string of the molecule is C=C[C@@](C)(/C=C/[C@@H](C)CC/C=C(\C)CC[C@@H](C)C(=C)C)CC[C@H]1C(=C)CC[C@H](C)C1(C)C. The van der Waals surface area contributed by atoms with E-state index < -0.39 is 0 Å². The molecule has 1 saturated carbocycles. The summed E-state index contributed by atoms with van der Waals surface area (Å²) in [6.07, 6.45) is 19.1. The highest BCUT2D eigenvalue weighted by molar-refractivity contribution is 5.14. The predicted molar refractivity (Wildman–Crippen MR) is 147 cm³/mol. The third kappa shape index (κ3) is 8.92. The van der Waals surface area contributed by atoms with Crippen molar-refractivity contribution >= 4 is 0 Å². The Hall–Kier alpha value is -1.30. The van der Waals surface area contributed by atoms with Crippen molar-refractivity contribution < 1.29 is 0 Å². The molecular weight excluding hydrogens is 384 g/mol. The molecule has 0 aromatic rings. The summed E-state index contributed by atoms with van der Waals surface area (Å²) in [4.78, 5) is 0. The highest BCUT2D eigenvalue weighted by atomic mass is 14.4. The summed E-state index contributed by atoms with van der Waals surface area (Å²) >= 11 is 0. The zero-order chi connectivity index (χ0) is 24.5. The molecule has 1 fully saturated rings. The van der Waals surface area contributed by atoms with E-state index in [1.54, 1.807) is 0 Å². The van der Waals surface area contributed by atoms with Crippen LogP contribution in [0.15, 0.2) is 60.8 Å². The molecule has 1 aliphatic carbocycles. The van der Waals surface area contributed by atoms with Crippen molar-refractivity contribution in [2.24, 2.45) is 34.5 Å². The molecule has 0 heterocycles. The first-order chi connectivity index (χ1) is 14.8. The molecule has 0 heteroatoms. The molecule has 0 spiro atoms. The molecule has 0 aromatic carbocycles. The van der Waals surface area contributed by atoms with Crippen molar-refractivity contribution in [3.8, 4) is 0 Å². The molecule has 5 atom stereocenters. The van der Waals surface area contributed by atoms with Gasteiger partial charge >= 0.3 is 0 Å². The van der Waals surface area contributed by atoms with Crippen LogP contribution >= 0.6 is 0 Å². The monoisotopic (exact) mass is 438 g/mol. The lowest BCUT2D eigenvalue weighted by Crippen LogP contribution is -2.36. The van der Waals surface area contributed by atoms with Gasteiger partial charge < -0.3 is 0 Å². The van der Waals surface area contributed by atoms with Crippen LogP contribution in [0.25, 0.3) is 0 Å². The van der Waals surface area contributed by atoms with Crippen molar-refractivity contribution in [3.63, 3.8) is 0 Å². The van der Waals surface area contributed by atoms with E-state index in [1.165, 1.54) is 55.2 Å². The summed E-state index contributed by atoms with van der Waals surface area (Å²) in [7, 11) is 0. The van der Waals surface area contributed by atoms with Crippen molar-refractivity contribution in [3.05, 3.63) is 60.8 Å². The summed E-state index contributed by atoms with van der Waals surface area (Å²) in [6.45, 7) is 31.4. The molecule has 0 unspecified atom stereocenters. The smallest absolute Gasteiger partial charge is 0.00303 e. The first-order valence-corrected chi connectivity index (χ1v) is 13.1. The van der Waals surface area contributed by atoms with Crippen LogP contribution in [0.1, 0.15) is 107 Å². The Kier molecular flexibility index (Phi) is 11.5. The summed E-state index contributed by atoms with van der Waals surface area (Å²) in [5.74, 6) is 2.60. The van der Waals surface area contributed by atoms with E-state index >= 15 is 0 Å². The lowest BCUT2D eigenvalue weighted by atomic mass is 9.59. The van der Waals surface area contributed by atoms with Gasteiger partial charge in [0.15, 0.2) is 0 Å². The largest absolute Gasteiger partial charge is 0.102 e. The van der Waals surface area contributed by atoms with Crippen LogP contribution in [0.3, 0.4) is 0 Å². The number of rotatable bonds is 13. The van der Waals surface area contributed by atoms with Crippen LogP contribution in [-0.2, 0) is 0 Å². The quantitative estimate of drug-likeness (QED) is 0.251. The van der Waals surface area contributed by atoms with Crippen LogP contribution in [0, 0.1) is 34.5 Å².